The van der Waals surface area contributed by atoms with E-state index in [-0.39, 0.29) is 5.92 Å². The van der Waals surface area contributed by atoms with Crippen LogP contribution in [0, 0.1) is 5.92 Å². The van der Waals surface area contributed by atoms with E-state index in [1.165, 1.54) is 0 Å². The number of carboxylic acids is 1. The Balaban J connectivity index is 1.60. The molecule has 1 saturated heterocycles. The molecular formula is C15H20BNO3. The van der Waals surface area contributed by atoms with Crippen molar-refractivity contribution < 1.29 is 14.6 Å². The third kappa shape index (κ3) is 4.56. The van der Waals surface area contributed by atoms with Crippen LogP contribution in [-0.2, 0) is 4.79 Å². The van der Waals surface area contributed by atoms with Crippen molar-refractivity contribution in [1.29, 1.82) is 0 Å². The summed E-state index contributed by atoms with van der Waals surface area (Å²) < 4.78 is 5.64. The lowest BCUT2D eigenvalue weighted by Crippen LogP contribution is -2.37. The number of aliphatic carboxylic acids is 1. The first kappa shape index (κ1) is 14.9. The Bertz CT molecular complexity index is 427. The van der Waals surface area contributed by atoms with Crippen molar-refractivity contribution in [1.82, 2.24) is 4.90 Å². The zero-order chi connectivity index (χ0) is 14.4. The molecule has 0 bridgehead atoms. The summed E-state index contributed by atoms with van der Waals surface area (Å²) in [6.45, 7) is 3.38. The second kappa shape index (κ2) is 7.34. The number of carbonyl (C=O) groups is 1. The van der Waals surface area contributed by atoms with E-state index < -0.39 is 5.97 Å². The summed E-state index contributed by atoms with van der Waals surface area (Å²) in [4.78, 5) is 13.2. The molecule has 0 unspecified atom stereocenters. The van der Waals surface area contributed by atoms with E-state index in [4.69, 9.17) is 17.7 Å². The summed E-state index contributed by atoms with van der Waals surface area (Å²) in [5, 5.41) is 8.94. The summed E-state index contributed by atoms with van der Waals surface area (Å²) in [7, 11) is 5.61. The Hall–Kier alpha value is -1.49. The molecule has 1 fully saturated rings. The summed E-state index contributed by atoms with van der Waals surface area (Å²) in [5.74, 6) is 0.0254. The van der Waals surface area contributed by atoms with E-state index in [9.17, 15) is 4.79 Å². The fourth-order valence-electron chi connectivity index (χ4n) is 2.45. The van der Waals surface area contributed by atoms with Crippen molar-refractivity contribution in [2.75, 3.05) is 26.2 Å². The van der Waals surface area contributed by atoms with Crippen LogP contribution in [0.5, 0.6) is 5.75 Å². The van der Waals surface area contributed by atoms with Gasteiger partial charge in [0.15, 0.2) is 0 Å². The molecule has 2 radical (unpaired) electrons. The largest absolute Gasteiger partial charge is 0.494 e. The van der Waals surface area contributed by atoms with Crippen LogP contribution in [0.3, 0.4) is 0 Å². The number of rotatable bonds is 6. The molecule has 0 spiro atoms. The maximum absolute atomic E-state index is 10.9. The highest BCUT2D eigenvalue weighted by atomic mass is 16.5. The second-order valence-corrected chi connectivity index (χ2v) is 5.23. The number of carboxylic acid groups (broad SMARTS) is 1. The topological polar surface area (TPSA) is 49.8 Å². The molecule has 5 heteroatoms. The molecule has 0 aromatic heterocycles. The van der Waals surface area contributed by atoms with E-state index in [0.717, 1.165) is 50.1 Å². The number of ether oxygens (including phenoxy) is 1. The van der Waals surface area contributed by atoms with Gasteiger partial charge in [0, 0.05) is 6.54 Å². The van der Waals surface area contributed by atoms with Crippen LogP contribution >= 0.6 is 0 Å². The van der Waals surface area contributed by atoms with E-state index in [2.05, 4.69) is 4.90 Å². The molecule has 1 aliphatic rings. The number of piperidine rings is 1. The van der Waals surface area contributed by atoms with Crippen LogP contribution in [0.25, 0.3) is 0 Å². The van der Waals surface area contributed by atoms with Crippen molar-refractivity contribution in [2.45, 2.75) is 19.3 Å². The van der Waals surface area contributed by atoms with E-state index in [1.807, 2.05) is 24.3 Å². The predicted octanol–water partition coefficient (Wildman–Crippen LogP) is 1.05. The van der Waals surface area contributed by atoms with Gasteiger partial charge in [0.1, 0.15) is 13.6 Å². The molecule has 0 amide bonds. The van der Waals surface area contributed by atoms with Gasteiger partial charge in [0.05, 0.1) is 12.5 Å². The van der Waals surface area contributed by atoms with Gasteiger partial charge in [-0.05, 0) is 44.5 Å². The predicted molar refractivity (Wildman–Crippen MR) is 78.7 cm³/mol. The zero-order valence-corrected chi connectivity index (χ0v) is 11.6. The van der Waals surface area contributed by atoms with Crippen molar-refractivity contribution in [3.05, 3.63) is 24.3 Å². The molecule has 1 heterocycles. The third-order valence-electron chi connectivity index (χ3n) is 3.70. The van der Waals surface area contributed by atoms with Crippen molar-refractivity contribution in [3.8, 4) is 5.75 Å². The van der Waals surface area contributed by atoms with Crippen molar-refractivity contribution >= 4 is 19.3 Å². The molecule has 0 aliphatic carbocycles. The standard InChI is InChI=1S/C15H20BNO3/c16-13-2-4-14(5-3-13)20-11-1-8-17-9-6-12(7-10-17)15(18)19/h2-5,12H,1,6-11H2,(H,18,19). The molecule has 2 rings (SSSR count). The van der Waals surface area contributed by atoms with Gasteiger partial charge in [-0.1, -0.05) is 17.6 Å². The summed E-state index contributed by atoms with van der Waals surface area (Å²) in [6, 6.07) is 7.39. The van der Waals surface area contributed by atoms with Gasteiger partial charge < -0.3 is 14.7 Å². The molecule has 1 aromatic rings. The van der Waals surface area contributed by atoms with Crippen LogP contribution in [0.4, 0.5) is 0 Å². The van der Waals surface area contributed by atoms with Gasteiger partial charge in [-0.25, -0.2) is 0 Å². The first-order valence-corrected chi connectivity index (χ1v) is 7.08. The van der Waals surface area contributed by atoms with E-state index in [0.29, 0.717) is 6.61 Å². The van der Waals surface area contributed by atoms with Crippen LogP contribution in [0.1, 0.15) is 19.3 Å². The Morgan fingerprint density at radius 2 is 1.95 bits per heavy atom. The number of benzene rings is 1. The molecule has 4 nitrogen and oxygen atoms in total. The van der Waals surface area contributed by atoms with Crippen LogP contribution in [0.2, 0.25) is 0 Å². The van der Waals surface area contributed by atoms with Crippen molar-refractivity contribution in [3.63, 3.8) is 0 Å². The number of likely N-dealkylation sites (tertiary alicyclic amines) is 1. The second-order valence-electron chi connectivity index (χ2n) is 5.23. The van der Waals surface area contributed by atoms with Crippen molar-refractivity contribution in [2.24, 2.45) is 5.92 Å². The van der Waals surface area contributed by atoms with Gasteiger partial charge in [-0.15, -0.1) is 0 Å². The molecule has 20 heavy (non-hydrogen) atoms. The summed E-state index contributed by atoms with van der Waals surface area (Å²) in [6.07, 6.45) is 2.46. The van der Waals surface area contributed by atoms with E-state index in [1.54, 1.807) is 0 Å². The highest BCUT2D eigenvalue weighted by Crippen LogP contribution is 2.17. The minimum absolute atomic E-state index is 0.155. The molecule has 1 aromatic carbocycles. The SMILES string of the molecule is [B]c1ccc(OCCCN2CCC(C(=O)O)CC2)cc1. The quantitative estimate of drug-likeness (QED) is 0.621. The first-order valence-electron chi connectivity index (χ1n) is 7.08. The number of nitrogens with zero attached hydrogens (tertiary/aromatic N) is 1. The molecule has 0 saturated carbocycles. The maximum Gasteiger partial charge on any atom is 0.306 e. The Kier molecular flexibility index (Phi) is 5.47. The average molecular weight is 273 g/mol. The number of hydrogen-bond donors (Lipinski definition) is 1. The Morgan fingerprint density at radius 1 is 1.30 bits per heavy atom. The zero-order valence-electron chi connectivity index (χ0n) is 11.6. The van der Waals surface area contributed by atoms with Gasteiger partial charge in [-0.2, -0.15) is 0 Å². The monoisotopic (exact) mass is 273 g/mol. The first-order chi connectivity index (χ1) is 9.65. The summed E-state index contributed by atoms with van der Waals surface area (Å²) >= 11 is 0. The molecule has 106 valence electrons. The molecule has 1 aliphatic heterocycles. The van der Waals surface area contributed by atoms with E-state index >= 15 is 0 Å². The van der Waals surface area contributed by atoms with Gasteiger partial charge in [-0.3, -0.25) is 4.79 Å². The van der Waals surface area contributed by atoms with Crippen LogP contribution in [-0.4, -0.2) is 50.1 Å². The maximum atomic E-state index is 10.9. The highest BCUT2D eigenvalue weighted by Gasteiger charge is 2.23. The lowest BCUT2D eigenvalue weighted by molar-refractivity contribution is -0.143. The normalized spacial score (nSPS) is 17.0. The average Bonchev–Trinajstić information content (AvgIpc) is 2.46. The molecular weight excluding hydrogens is 253 g/mol. The Labute approximate surface area is 121 Å². The minimum atomic E-state index is -0.656. The third-order valence-corrected chi connectivity index (χ3v) is 3.70. The van der Waals surface area contributed by atoms with Crippen LogP contribution in [0.15, 0.2) is 24.3 Å². The highest BCUT2D eigenvalue weighted by molar-refractivity contribution is 6.32. The Morgan fingerprint density at radius 3 is 2.55 bits per heavy atom. The molecule has 0 atom stereocenters. The van der Waals surface area contributed by atoms with Crippen LogP contribution < -0.4 is 10.2 Å². The summed E-state index contributed by atoms with van der Waals surface area (Å²) in [5.41, 5.74) is 0.735. The fourth-order valence-corrected chi connectivity index (χ4v) is 2.45. The number of hydrogen-bond acceptors (Lipinski definition) is 3. The molecule has 1 N–H and O–H groups in total. The minimum Gasteiger partial charge on any atom is -0.494 e. The fraction of sp³-hybridized carbons (Fsp3) is 0.533. The lowest BCUT2D eigenvalue weighted by Gasteiger charge is -2.29. The van der Waals surface area contributed by atoms with Gasteiger partial charge in [0.2, 0.25) is 0 Å². The van der Waals surface area contributed by atoms with Gasteiger partial charge in [0.25, 0.3) is 0 Å². The lowest BCUT2D eigenvalue weighted by atomic mass is 9.97. The smallest absolute Gasteiger partial charge is 0.306 e. The van der Waals surface area contributed by atoms with Gasteiger partial charge >= 0.3 is 5.97 Å².